The normalized spacial score (nSPS) is 30.1. The first kappa shape index (κ1) is 19.9. The van der Waals surface area contributed by atoms with Gasteiger partial charge in [-0.2, -0.15) is 0 Å². The second-order valence-corrected chi connectivity index (χ2v) is 9.32. The molecule has 2 aliphatic heterocycles. The number of rotatable bonds is 5. The van der Waals surface area contributed by atoms with Gasteiger partial charge < -0.3 is 14.5 Å². The summed E-state index contributed by atoms with van der Waals surface area (Å²) in [7, 11) is 0. The summed E-state index contributed by atoms with van der Waals surface area (Å²) in [6, 6.07) is 3.73. The van der Waals surface area contributed by atoms with E-state index in [-0.39, 0.29) is 24.4 Å². The molecule has 1 unspecified atom stereocenters. The van der Waals surface area contributed by atoms with Crippen molar-refractivity contribution < 1.29 is 14.3 Å². The fraction of sp³-hybridized carbons (Fsp3) is 0.714. The van der Waals surface area contributed by atoms with Crippen LogP contribution in [0.2, 0.25) is 0 Å². The van der Waals surface area contributed by atoms with Gasteiger partial charge in [-0.1, -0.05) is 13.0 Å². The monoisotopic (exact) mass is 405 g/mol. The maximum atomic E-state index is 13.5. The predicted octanol–water partition coefficient (Wildman–Crippen LogP) is 2.37. The van der Waals surface area contributed by atoms with Crippen molar-refractivity contribution in [2.75, 3.05) is 45.9 Å². The van der Waals surface area contributed by atoms with Crippen LogP contribution in [0.4, 0.5) is 0 Å². The van der Waals surface area contributed by atoms with E-state index in [1.165, 1.54) is 0 Å². The molecule has 7 heteroatoms. The maximum Gasteiger partial charge on any atom is 0.251 e. The molecular formula is C21H31N3O3S. The topological polar surface area (TPSA) is 53.1 Å². The average Bonchev–Trinajstić information content (AvgIpc) is 3.24. The van der Waals surface area contributed by atoms with Crippen LogP contribution in [-0.4, -0.2) is 78.5 Å². The van der Waals surface area contributed by atoms with Gasteiger partial charge in [0.05, 0.1) is 13.2 Å². The van der Waals surface area contributed by atoms with E-state index in [1.54, 1.807) is 11.3 Å². The Labute approximate surface area is 171 Å². The number of carbonyl (C=O) groups excluding carboxylic acids is 2. The molecule has 0 N–H and O–H groups in total. The van der Waals surface area contributed by atoms with E-state index >= 15 is 0 Å². The van der Waals surface area contributed by atoms with Gasteiger partial charge in [-0.05, 0) is 43.0 Å². The minimum Gasteiger partial charge on any atom is -0.379 e. The molecule has 1 saturated carbocycles. The summed E-state index contributed by atoms with van der Waals surface area (Å²) < 4.78 is 5.42. The van der Waals surface area contributed by atoms with E-state index in [2.05, 4.69) is 11.8 Å². The zero-order valence-electron chi connectivity index (χ0n) is 16.7. The summed E-state index contributed by atoms with van der Waals surface area (Å²) in [5.41, 5.74) is 0. The molecule has 3 fully saturated rings. The van der Waals surface area contributed by atoms with Gasteiger partial charge >= 0.3 is 0 Å². The number of hydrogen-bond donors (Lipinski definition) is 0. The smallest absolute Gasteiger partial charge is 0.251 e. The minimum atomic E-state index is -0.457. The fourth-order valence-corrected chi connectivity index (χ4v) is 5.49. The number of ether oxygens (including phenoxy) is 1. The highest BCUT2D eigenvalue weighted by Gasteiger charge is 2.43. The third-order valence-corrected chi connectivity index (χ3v) is 7.38. The molecule has 154 valence electrons. The molecule has 28 heavy (non-hydrogen) atoms. The van der Waals surface area contributed by atoms with Crippen LogP contribution in [0.15, 0.2) is 17.5 Å². The average molecular weight is 406 g/mol. The molecule has 0 aromatic carbocycles. The van der Waals surface area contributed by atoms with Crippen molar-refractivity contribution >= 4 is 23.2 Å². The largest absolute Gasteiger partial charge is 0.379 e. The highest BCUT2D eigenvalue weighted by Crippen LogP contribution is 2.35. The van der Waals surface area contributed by atoms with E-state index in [0.29, 0.717) is 6.54 Å². The van der Waals surface area contributed by atoms with Crippen molar-refractivity contribution in [1.29, 1.82) is 0 Å². The molecule has 2 amide bonds. The molecule has 4 rings (SSSR count). The number of carbonyl (C=O) groups is 2. The van der Waals surface area contributed by atoms with Crippen molar-refractivity contribution in [1.82, 2.24) is 14.7 Å². The van der Waals surface area contributed by atoms with Crippen molar-refractivity contribution in [3.05, 3.63) is 22.4 Å². The Morgan fingerprint density at radius 2 is 1.86 bits per heavy atom. The molecule has 3 aliphatic rings. The summed E-state index contributed by atoms with van der Waals surface area (Å²) in [6.45, 7) is 7.19. The van der Waals surface area contributed by atoms with Crippen molar-refractivity contribution in [3.63, 3.8) is 0 Å². The SMILES string of the molecule is CC1CCC(N2CC(=O)N(CCN3CCOCC3)C(c3cccs3)C2=O)CC1. The van der Waals surface area contributed by atoms with Gasteiger partial charge in [-0.15, -0.1) is 11.3 Å². The molecule has 1 aromatic rings. The first-order valence-corrected chi connectivity index (χ1v) is 11.4. The Hall–Kier alpha value is -1.44. The molecule has 1 aromatic heterocycles. The molecule has 6 nitrogen and oxygen atoms in total. The number of nitrogens with zero attached hydrogens (tertiary/aromatic N) is 3. The molecule has 0 spiro atoms. The third-order valence-electron chi connectivity index (χ3n) is 6.45. The van der Waals surface area contributed by atoms with Crippen LogP contribution >= 0.6 is 11.3 Å². The number of hydrogen-bond acceptors (Lipinski definition) is 5. The summed E-state index contributed by atoms with van der Waals surface area (Å²) in [4.78, 5) is 33.7. The summed E-state index contributed by atoms with van der Waals surface area (Å²) in [5, 5.41) is 1.99. The second-order valence-electron chi connectivity index (χ2n) is 8.34. The highest BCUT2D eigenvalue weighted by molar-refractivity contribution is 7.10. The second kappa shape index (κ2) is 8.93. The molecule has 3 heterocycles. The number of piperazine rings is 1. The lowest BCUT2D eigenvalue weighted by Crippen LogP contribution is -2.59. The molecule has 0 radical (unpaired) electrons. The summed E-state index contributed by atoms with van der Waals surface area (Å²) in [5.74, 6) is 0.929. The third kappa shape index (κ3) is 4.26. The molecular weight excluding hydrogens is 374 g/mol. The lowest BCUT2D eigenvalue weighted by molar-refractivity contribution is -0.159. The van der Waals surface area contributed by atoms with Gasteiger partial charge in [-0.25, -0.2) is 0 Å². The van der Waals surface area contributed by atoms with Gasteiger partial charge in [0, 0.05) is 37.1 Å². The minimum absolute atomic E-state index is 0.0879. The Bertz CT molecular complexity index is 666. The van der Waals surface area contributed by atoms with Crippen LogP contribution in [0.1, 0.15) is 43.5 Å². The van der Waals surface area contributed by atoms with E-state index < -0.39 is 6.04 Å². The zero-order valence-corrected chi connectivity index (χ0v) is 17.5. The predicted molar refractivity (Wildman–Crippen MR) is 109 cm³/mol. The lowest BCUT2D eigenvalue weighted by Gasteiger charge is -2.45. The van der Waals surface area contributed by atoms with E-state index in [1.807, 2.05) is 27.3 Å². The van der Waals surface area contributed by atoms with Gasteiger partial charge in [0.2, 0.25) is 5.91 Å². The van der Waals surface area contributed by atoms with Gasteiger partial charge in [0.15, 0.2) is 0 Å². The number of amides is 2. The van der Waals surface area contributed by atoms with Crippen molar-refractivity contribution in [3.8, 4) is 0 Å². The Morgan fingerprint density at radius 3 is 2.54 bits per heavy atom. The maximum absolute atomic E-state index is 13.5. The zero-order chi connectivity index (χ0) is 19.5. The lowest BCUT2D eigenvalue weighted by atomic mass is 9.86. The molecule has 2 saturated heterocycles. The van der Waals surface area contributed by atoms with Crippen LogP contribution in [0, 0.1) is 5.92 Å². The van der Waals surface area contributed by atoms with Crippen molar-refractivity contribution in [2.45, 2.75) is 44.7 Å². The standard InChI is InChI=1S/C21H31N3O3S/c1-16-4-6-17(7-5-16)24-15-19(25)23(9-8-22-10-12-27-13-11-22)20(21(24)26)18-3-2-14-28-18/h2-3,14,16-17,20H,4-13,15H2,1H3. The Kier molecular flexibility index (Phi) is 6.33. The van der Waals surface area contributed by atoms with Gasteiger partial charge in [0.25, 0.3) is 5.91 Å². The van der Waals surface area contributed by atoms with Crippen LogP contribution in [0.5, 0.6) is 0 Å². The van der Waals surface area contributed by atoms with E-state index in [4.69, 9.17) is 4.74 Å². The van der Waals surface area contributed by atoms with Crippen LogP contribution in [-0.2, 0) is 14.3 Å². The van der Waals surface area contributed by atoms with Gasteiger partial charge in [0.1, 0.15) is 12.6 Å². The summed E-state index contributed by atoms with van der Waals surface area (Å²) in [6.07, 6.45) is 4.33. The van der Waals surface area contributed by atoms with Crippen LogP contribution in [0.25, 0.3) is 0 Å². The first-order valence-electron chi connectivity index (χ1n) is 10.6. The van der Waals surface area contributed by atoms with Crippen LogP contribution in [0.3, 0.4) is 0 Å². The van der Waals surface area contributed by atoms with Crippen molar-refractivity contribution in [2.24, 2.45) is 5.92 Å². The number of thiophene rings is 1. The quantitative estimate of drug-likeness (QED) is 0.755. The Balaban J connectivity index is 1.50. The Morgan fingerprint density at radius 1 is 1.11 bits per heavy atom. The summed E-state index contributed by atoms with van der Waals surface area (Å²) >= 11 is 1.57. The van der Waals surface area contributed by atoms with Crippen LogP contribution < -0.4 is 0 Å². The first-order chi connectivity index (χ1) is 13.6. The van der Waals surface area contributed by atoms with E-state index in [9.17, 15) is 9.59 Å². The number of morpholine rings is 1. The highest BCUT2D eigenvalue weighted by atomic mass is 32.1. The molecule has 1 aliphatic carbocycles. The van der Waals surface area contributed by atoms with Gasteiger partial charge in [-0.3, -0.25) is 14.5 Å². The molecule has 1 atom stereocenters. The van der Waals surface area contributed by atoms with E-state index in [0.717, 1.165) is 69.3 Å². The molecule has 0 bridgehead atoms. The fourth-order valence-electron chi connectivity index (χ4n) is 4.66.